The highest BCUT2D eigenvalue weighted by molar-refractivity contribution is 5.94. The molecule has 1 aromatic rings. The number of nitrogens with zero attached hydrogens (tertiary/aromatic N) is 4. The second-order valence-electron chi connectivity index (χ2n) is 7.71. The Morgan fingerprint density at radius 3 is 2.61 bits per heavy atom. The number of likely N-dealkylation sites (N-methyl/N-ethyl adjacent to an activating group) is 1. The third-order valence-corrected chi connectivity index (χ3v) is 5.18. The van der Waals surface area contributed by atoms with Crippen LogP contribution in [0.1, 0.15) is 54.9 Å². The fraction of sp³-hybridized carbons (Fsp3) is 0.778. The molecule has 0 aromatic carbocycles. The number of aromatic nitrogens is 2. The summed E-state index contributed by atoms with van der Waals surface area (Å²) in [5.41, 5.74) is 3.25. The Morgan fingerprint density at radius 2 is 2.00 bits per heavy atom. The molecule has 2 aliphatic rings. The average molecular weight is 318 g/mol. The third-order valence-electron chi connectivity index (χ3n) is 5.18. The molecule has 1 amide bonds. The van der Waals surface area contributed by atoms with Crippen LogP contribution in [0.5, 0.6) is 0 Å². The molecule has 1 fully saturated rings. The van der Waals surface area contributed by atoms with Crippen LogP contribution in [-0.4, -0.2) is 58.7 Å². The van der Waals surface area contributed by atoms with Gasteiger partial charge in [0.05, 0.1) is 0 Å². The molecule has 0 spiro atoms. The first kappa shape index (κ1) is 16.5. The maximum Gasteiger partial charge on any atom is 0.274 e. The molecule has 0 bridgehead atoms. The second kappa shape index (κ2) is 6.63. The van der Waals surface area contributed by atoms with Crippen LogP contribution in [0, 0.1) is 5.92 Å². The van der Waals surface area contributed by atoms with Crippen LogP contribution in [0.25, 0.3) is 0 Å². The van der Waals surface area contributed by atoms with Crippen LogP contribution in [0.2, 0.25) is 0 Å². The van der Waals surface area contributed by atoms with Crippen molar-refractivity contribution in [3.63, 3.8) is 0 Å². The van der Waals surface area contributed by atoms with Gasteiger partial charge in [-0.1, -0.05) is 13.8 Å². The summed E-state index contributed by atoms with van der Waals surface area (Å²) >= 11 is 0. The number of amides is 1. The Kier molecular flexibility index (Phi) is 4.76. The van der Waals surface area contributed by atoms with E-state index in [2.05, 4.69) is 37.5 Å². The summed E-state index contributed by atoms with van der Waals surface area (Å²) in [6.45, 7) is 7.11. The predicted molar refractivity (Wildman–Crippen MR) is 91.7 cm³/mol. The lowest BCUT2D eigenvalue weighted by Gasteiger charge is -2.29. The summed E-state index contributed by atoms with van der Waals surface area (Å²) in [6, 6.07) is 0.518. The Balaban J connectivity index is 1.94. The molecule has 1 saturated heterocycles. The molecule has 1 aliphatic heterocycles. The van der Waals surface area contributed by atoms with Gasteiger partial charge in [-0.3, -0.25) is 9.48 Å². The Morgan fingerprint density at radius 1 is 1.30 bits per heavy atom. The first-order valence-corrected chi connectivity index (χ1v) is 9.01. The SMILES string of the molecule is CC(C)Cn1nc(C(=O)N2CCCC2)c2c1CCC(N(C)C)C2. The summed E-state index contributed by atoms with van der Waals surface area (Å²) in [7, 11) is 4.27. The van der Waals surface area contributed by atoms with Gasteiger partial charge in [0.15, 0.2) is 5.69 Å². The number of rotatable bonds is 4. The first-order chi connectivity index (χ1) is 11.0. The van der Waals surface area contributed by atoms with Crippen molar-refractivity contribution < 1.29 is 4.79 Å². The number of likely N-dealkylation sites (tertiary alicyclic amines) is 1. The van der Waals surface area contributed by atoms with Gasteiger partial charge in [-0.2, -0.15) is 5.10 Å². The Bertz CT molecular complexity index is 570. The van der Waals surface area contributed by atoms with Crippen LogP contribution in [-0.2, 0) is 19.4 Å². The Labute approximate surface area is 139 Å². The third kappa shape index (κ3) is 3.30. The van der Waals surface area contributed by atoms with Crippen molar-refractivity contribution in [2.75, 3.05) is 27.2 Å². The zero-order valence-corrected chi connectivity index (χ0v) is 15.0. The highest BCUT2D eigenvalue weighted by atomic mass is 16.2. The number of hydrogen-bond acceptors (Lipinski definition) is 3. The van der Waals surface area contributed by atoms with Crippen molar-refractivity contribution >= 4 is 5.91 Å². The summed E-state index contributed by atoms with van der Waals surface area (Å²) in [5.74, 6) is 0.695. The van der Waals surface area contributed by atoms with E-state index >= 15 is 0 Å². The van der Waals surface area contributed by atoms with E-state index in [0.29, 0.717) is 12.0 Å². The quantitative estimate of drug-likeness (QED) is 0.854. The minimum atomic E-state index is 0.153. The number of carbonyl (C=O) groups excluding carboxylic acids is 1. The van der Waals surface area contributed by atoms with Crippen LogP contribution < -0.4 is 0 Å². The monoisotopic (exact) mass is 318 g/mol. The van der Waals surface area contributed by atoms with Gasteiger partial charge in [-0.05, 0) is 52.1 Å². The normalized spacial score (nSPS) is 21.3. The summed E-state index contributed by atoms with van der Waals surface area (Å²) < 4.78 is 2.12. The highest BCUT2D eigenvalue weighted by Crippen LogP contribution is 2.28. The molecule has 0 radical (unpaired) electrons. The minimum Gasteiger partial charge on any atom is -0.337 e. The van der Waals surface area contributed by atoms with Gasteiger partial charge >= 0.3 is 0 Å². The minimum absolute atomic E-state index is 0.153. The maximum absolute atomic E-state index is 12.9. The van der Waals surface area contributed by atoms with Crippen LogP contribution in [0.3, 0.4) is 0 Å². The van der Waals surface area contributed by atoms with Crippen molar-refractivity contribution in [3.8, 4) is 0 Å². The van der Waals surface area contributed by atoms with E-state index in [1.54, 1.807) is 0 Å². The van der Waals surface area contributed by atoms with E-state index in [4.69, 9.17) is 5.10 Å². The molecule has 1 aromatic heterocycles. The maximum atomic E-state index is 12.9. The molecule has 5 nitrogen and oxygen atoms in total. The van der Waals surface area contributed by atoms with Gasteiger partial charge in [0, 0.05) is 36.9 Å². The first-order valence-electron chi connectivity index (χ1n) is 9.01. The van der Waals surface area contributed by atoms with E-state index in [9.17, 15) is 4.79 Å². The largest absolute Gasteiger partial charge is 0.337 e. The smallest absolute Gasteiger partial charge is 0.274 e. The van der Waals surface area contributed by atoms with Crippen molar-refractivity contribution in [1.29, 1.82) is 0 Å². The van der Waals surface area contributed by atoms with Crippen LogP contribution in [0.15, 0.2) is 0 Å². The predicted octanol–water partition coefficient (Wildman–Crippen LogP) is 2.19. The fourth-order valence-electron chi connectivity index (χ4n) is 3.85. The van der Waals surface area contributed by atoms with Gasteiger partial charge in [0.1, 0.15) is 0 Å². The summed E-state index contributed by atoms with van der Waals surface area (Å²) in [4.78, 5) is 17.2. The van der Waals surface area contributed by atoms with E-state index in [1.165, 1.54) is 11.3 Å². The standard InChI is InChI=1S/C18H30N4O/c1-13(2)12-22-16-8-7-14(20(3)4)11-15(16)17(19-22)18(23)21-9-5-6-10-21/h13-14H,5-12H2,1-4H3. The molecule has 1 aliphatic carbocycles. The lowest BCUT2D eigenvalue weighted by Crippen LogP contribution is -2.35. The molecule has 0 saturated carbocycles. The molecule has 5 heteroatoms. The molecule has 128 valence electrons. The van der Waals surface area contributed by atoms with E-state index in [0.717, 1.165) is 57.4 Å². The molecule has 1 atom stereocenters. The van der Waals surface area contributed by atoms with Gasteiger partial charge in [0.25, 0.3) is 5.91 Å². The van der Waals surface area contributed by atoms with E-state index in [1.807, 2.05) is 4.90 Å². The molecule has 1 unspecified atom stereocenters. The average Bonchev–Trinajstić information content (AvgIpc) is 3.14. The second-order valence-corrected chi connectivity index (χ2v) is 7.71. The zero-order valence-electron chi connectivity index (χ0n) is 15.0. The summed E-state index contributed by atoms with van der Waals surface area (Å²) in [5, 5.41) is 4.78. The number of hydrogen-bond donors (Lipinski definition) is 0. The molecule has 3 rings (SSSR count). The molecule has 23 heavy (non-hydrogen) atoms. The highest BCUT2D eigenvalue weighted by Gasteiger charge is 2.32. The van der Waals surface area contributed by atoms with Gasteiger partial charge in [-0.25, -0.2) is 0 Å². The molecule has 2 heterocycles. The molecular formula is C18H30N4O. The van der Waals surface area contributed by atoms with Crippen molar-refractivity contribution in [2.45, 2.75) is 58.5 Å². The number of carbonyl (C=O) groups is 1. The lowest BCUT2D eigenvalue weighted by atomic mass is 9.90. The molecule has 0 N–H and O–H groups in total. The van der Waals surface area contributed by atoms with Gasteiger partial charge in [-0.15, -0.1) is 0 Å². The zero-order chi connectivity index (χ0) is 16.6. The van der Waals surface area contributed by atoms with Crippen LogP contribution in [0.4, 0.5) is 0 Å². The van der Waals surface area contributed by atoms with E-state index < -0.39 is 0 Å². The van der Waals surface area contributed by atoms with E-state index in [-0.39, 0.29) is 5.91 Å². The van der Waals surface area contributed by atoms with Crippen molar-refractivity contribution in [1.82, 2.24) is 19.6 Å². The fourth-order valence-corrected chi connectivity index (χ4v) is 3.85. The lowest BCUT2D eigenvalue weighted by molar-refractivity contribution is 0.0784. The number of fused-ring (bicyclic) bond motifs is 1. The van der Waals surface area contributed by atoms with Crippen molar-refractivity contribution in [2.24, 2.45) is 5.92 Å². The molecular weight excluding hydrogens is 288 g/mol. The van der Waals surface area contributed by atoms with Crippen LogP contribution >= 0.6 is 0 Å². The van der Waals surface area contributed by atoms with Gasteiger partial charge < -0.3 is 9.80 Å². The topological polar surface area (TPSA) is 41.4 Å². The van der Waals surface area contributed by atoms with Gasteiger partial charge in [0.2, 0.25) is 0 Å². The Hall–Kier alpha value is -1.36. The van der Waals surface area contributed by atoms with Crippen molar-refractivity contribution in [3.05, 3.63) is 17.0 Å². The summed E-state index contributed by atoms with van der Waals surface area (Å²) in [6.07, 6.45) is 5.39.